The summed E-state index contributed by atoms with van der Waals surface area (Å²) in [7, 11) is -0.601. The lowest BCUT2D eigenvalue weighted by atomic mass is 10.2. The van der Waals surface area contributed by atoms with Crippen molar-refractivity contribution in [1.82, 2.24) is 0 Å². The summed E-state index contributed by atoms with van der Waals surface area (Å²) >= 11 is 0. The smallest absolute Gasteiger partial charge is 0.217 e. The Labute approximate surface area is 66.5 Å². The highest BCUT2D eigenvalue weighted by molar-refractivity contribution is 7.73. The van der Waals surface area contributed by atoms with Gasteiger partial charge in [0.15, 0.2) is 0 Å². The topological polar surface area (TPSA) is 43.4 Å². The molecule has 0 heterocycles. The van der Waals surface area contributed by atoms with E-state index in [1.165, 1.54) is 13.2 Å². The van der Waals surface area contributed by atoms with Gasteiger partial charge in [0.05, 0.1) is 12.0 Å². The van der Waals surface area contributed by atoms with E-state index >= 15 is 0 Å². The average molecular weight is 171 g/mol. The lowest BCUT2D eigenvalue weighted by molar-refractivity contribution is 0.303. The summed E-state index contributed by atoms with van der Waals surface area (Å²) in [6.07, 6.45) is 6.17. The number of ether oxygens (including phenoxy) is 1. The third-order valence-corrected chi connectivity index (χ3v) is 2.00. The Morgan fingerprint density at radius 1 is 1.55 bits per heavy atom. The first kappa shape index (κ1) is 8.07. The van der Waals surface area contributed by atoms with Crippen molar-refractivity contribution < 1.29 is 13.2 Å². The number of hydrogen-bond donors (Lipinski definition) is 0. The van der Waals surface area contributed by atoms with Crippen molar-refractivity contribution in [3.05, 3.63) is 24.0 Å². The molecule has 0 amide bonds. The van der Waals surface area contributed by atoms with Gasteiger partial charge < -0.3 is 4.74 Å². The first-order valence-electron chi connectivity index (χ1n) is 3.02. The lowest BCUT2D eigenvalue weighted by Gasteiger charge is -2.03. The minimum atomic E-state index is -2.12. The molecule has 0 aliphatic heterocycles. The van der Waals surface area contributed by atoms with Gasteiger partial charge in [-0.2, -0.15) is 8.42 Å². The summed E-state index contributed by atoms with van der Waals surface area (Å²) < 4.78 is 25.6. The maximum atomic E-state index is 10.4. The second-order valence-corrected chi connectivity index (χ2v) is 2.95. The standard InChI is InChI=1S/C7H7O3S/c1-10-6-2-4-7(5-3-6)11(8)9/h2,4H,5H2,1H3. The second-order valence-electron chi connectivity index (χ2n) is 1.96. The molecule has 0 spiro atoms. The molecule has 1 aliphatic rings. The van der Waals surface area contributed by atoms with Crippen LogP contribution in [0.2, 0.25) is 0 Å². The molecule has 4 heteroatoms. The fraction of sp³-hybridized carbons (Fsp3) is 0.286. The monoisotopic (exact) mass is 171 g/mol. The predicted octanol–water partition coefficient (Wildman–Crippen LogP) is 0.331. The van der Waals surface area contributed by atoms with Gasteiger partial charge in [-0.1, -0.05) is 0 Å². The van der Waals surface area contributed by atoms with Gasteiger partial charge >= 0.3 is 0 Å². The maximum Gasteiger partial charge on any atom is 0.217 e. The van der Waals surface area contributed by atoms with Gasteiger partial charge in [0, 0.05) is 12.5 Å². The highest BCUT2D eigenvalue weighted by Crippen LogP contribution is 2.06. The maximum absolute atomic E-state index is 10.4. The van der Waals surface area contributed by atoms with Gasteiger partial charge in [-0.15, -0.1) is 0 Å². The van der Waals surface area contributed by atoms with Gasteiger partial charge in [-0.3, -0.25) is 0 Å². The van der Waals surface area contributed by atoms with Gasteiger partial charge in [-0.05, 0) is 12.2 Å². The van der Waals surface area contributed by atoms with E-state index in [-0.39, 0.29) is 0 Å². The molecule has 0 unspecified atom stereocenters. The number of allylic oxidation sites excluding steroid dienone is 3. The van der Waals surface area contributed by atoms with Crippen molar-refractivity contribution in [3.8, 4) is 0 Å². The van der Waals surface area contributed by atoms with E-state index in [1.807, 2.05) is 0 Å². The highest BCUT2D eigenvalue weighted by atomic mass is 32.2. The number of hydrogen-bond acceptors (Lipinski definition) is 3. The predicted molar refractivity (Wildman–Crippen MR) is 41.4 cm³/mol. The van der Waals surface area contributed by atoms with E-state index in [1.54, 1.807) is 6.08 Å². The van der Waals surface area contributed by atoms with Gasteiger partial charge in [0.2, 0.25) is 10.3 Å². The fourth-order valence-corrected chi connectivity index (χ4v) is 1.08. The average Bonchev–Trinajstić information content (AvgIpc) is 2.05. The summed E-state index contributed by atoms with van der Waals surface area (Å²) in [5.74, 6) is 0.583. The molecule has 11 heavy (non-hydrogen) atoms. The normalized spacial score (nSPS) is 16.1. The molecular formula is C7H7O3S. The van der Waals surface area contributed by atoms with Crippen LogP contribution in [0.4, 0.5) is 0 Å². The molecule has 0 atom stereocenters. The molecule has 0 aromatic rings. The third-order valence-electron chi connectivity index (χ3n) is 1.29. The summed E-state index contributed by atoms with van der Waals surface area (Å²) in [6, 6.07) is 0. The summed E-state index contributed by atoms with van der Waals surface area (Å²) in [6.45, 7) is 0. The molecular weight excluding hydrogens is 164 g/mol. The van der Waals surface area contributed by atoms with E-state index in [2.05, 4.69) is 6.08 Å². The lowest BCUT2D eigenvalue weighted by Crippen LogP contribution is -2.00. The van der Waals surface area contributed by atoms with Crippen molar-refractivity contribution in [2.24, 2.45) is 0 Å². The van der Waals surface area contributed by atoms with Crippen LogP contribution in [-0.4, -0.2) is 20.4 Å². The molecule has 1 rings (SSSR count). The molecule has 3 nitrogen and oxygen atoms in total. The molecule has 0 fully saturated rings. The van der Waals surface area contributed by atoms with E-state index in [9.17, 15) is 8.42 Å². The molecule has 1 aliphatic carbocycles. The second kappa shape index (κ2) is 3.39. The molecule has 0 saturated carbocycles. The van der Waals surface area contributed by atoms with Crippen LogP contribution >= 0.6 is 0 Å². The zero-order valence-corrected chi connectivity index (χ0v) is 6.81. The van der Waals surface area contributed by atoms with Crippen LogP contribution in [0.15, 0.2) is 17.9 Å². The Kier molecular flexibility index (Phi) is 2.48. The Balaban J connectivity index is 2.89. The summed E-state index contributed by atoms with van der Waals surface area (Å²) in [4.78, 5) is 0.339. The zero-order chi connectivity index (χ0) is 8.27. The van der Waals surface area contributed by atoms with E-state index in [0.717, 1.165) is 0 Å². The largest absolute Gasteiger partial charge is 0.496 e. The third kappa shape index (κ3) is 1.94. The van der Waals surface area contributed by atoms with Crippen LogP contribution in [0.1, 0.15) is 6.42 Å². The SMILES string of the molecule is COC1=[C]CC(=S(=O)=O)C=C1. The Bertz CT molecular complexity index is 325. The van der Waals surface area contributed by atoms with Crippen LogP contribution in [0.3, 0.4) is 0 Å². The Morgan fingerprint density at radius 3 is 2.64 bits per heavy atom. The molecule has 59 valence electrons. The van der Waals surface area contributed by atoms with Gasteiger partial charge in [0.25, 0.3) is 0 Å². The molecule has 0 aromatic heterocycles. The van der Waals surface area contributed by atoms with Crippen LogP contribution in [0.25, 0.3) is 0 Å². The fourth-order valence-electron chi connectivity index (χ4n) is 0.715. The van der Waals surface area contributed by atoms with Crippen molar-refractivity contribution >= 4 is 15.2 Å². The minimum absolute atomic E-state index is 0.301. The van der Waals surface area contributed by atoms with E-state index < -0.39 is 10.3 Å². The first-order valence-corrected chi connectivity index (χ1v) is 4.09. The molecule has 0 aromatic carbocycles. The summed E-state index contributed by atoms with van der Waals surface area (Å²) in [5, 5.41) is 0. The van der Waals surface area contributed by atoms with E-state index in [0.29, 0.717) is 17.0 Å². The van der Waals surface area contributed by atoms with Crippen LogP contribution in [0, 0.1) is 6.08 Å². The summed E-state index contributed by atoms with van der Waals surface area (Å²) in [5.41, 5.74) is 0. The Hall–Kier alpha value is -1.03. The van der Waals surface area contributed by atoms with Crippen molar-refractivity contribution in [2.45, 2.75) is 6.42 Å². The van der Waals surface area contributed by atoms with Crippen LogP contribution in [0.5, 0.6) is 0 Å². The van der Waals surface area contributed by atoms with Crippen molar-refractivity contribution in [3.63, 3.8) is 0 Å². The quantitative estimate of drug-likeness (QED) is 0.534. The zero-order valence-electron chi connectivity index (χ0n) is 5.99. The van der Waals surface area contributed by atoms with Gasteiger partial charge in [-0.25, -0.2) is 0 Å². The number of rotatable bonds is 1. The van der Waals surface area contributed by atoms with Gasteiger partial charge in [0.1, 0.15) is 5.76 Å². The molecule has 0 N–H and O–H groups in total. The van der Waals surface area contributed by atoms with E-state index in [4.69, 9.17) is 4.74 Å². The molecule has 1 radical (unpaired) electrons. The Morgan fingerprint density at radius 2 is 2.27 bits per heavy atom. The van der Waals surface area contributed by atoms with Crippen LogP contribution in [-0.2, 0) is 15.0 Å². The van der Waals surface area contributed by atoms with Crippen molar-refractivity contribution in [2.75, 3.05) is 7.11 Å². The molecule has 0 saturated heterocycles. The number of methoxy groups -OCH3 is 1. The highest BCUT2D eigenvalue weighted by Gasteiger charge is 2.02. The first-order chi connectivity index (χ1) is 5.24. The molecule has 0 bridgehead atoms. The van der Waals surface area contributed by atoms with Crippen LogP contribution < -0.4 is 0 Å². The van der Waals surface area contributed by atoms with Crippen molar-refractivity contribution in [1.29, 1.82) is 0 Å². The minimum Gasteiger partial charge on any atom is -0.496 e.